The summed E-state index contributed by atoms with van der Waals surface area (Å²) in [4.78, 5) is 15.2. The molecule has 8 heteroatoms. The molecule has 3 aromatic heterocycles. The summed E-state index contributed by atoms with van der Waals surface area (Å²) in [6.07, 6.45) is 1.19. The van der Waals surface area contributed by atoms with Gasteiger partial charge in [0.15, 0.2) is 21.2 Å². The van der Waals surface area contributed by atoms with Gasteiger partial charge in [0.25, 0.3) is 0 Å². The highest BCUT2D eigenvalue weighted by Gasteiger charge is 2.16. The Morgan fingerprint density at radius 1 is 1.30 bits per heavy atom. The fourth-order valence-corrected chi connectivity index (χ4v) is 2.87. The Morgan fingerprint density at radius 2 is 2.10 bits per heavy atom. The molecule has 0 spiro atoms. The molecule has 0 aromatic carbocycles. The number of hydrogen-bond acceptors (Lipinski definition) is 5. The number of nitrogens with zero attached hydrogens (tertiary/aromatic N) is 1. The Hall–Kier alpha value is -1.38. The van der Waals surface area contributed by atoms with Crippen LogP contribution in [0.2, 0.25) is 0 Å². The summed E-state index contributed by atoms with van der Waals surface area (Å²) in [5.41, 5.74) is 0.666. The number of thiazole rings is 1. The molecule has 3 heterocycles. The van der Waals surface area contributed by atoms with Crippen molar-refractivity contribution in [1.82, 2.24) is 4.98 Å². The second-order valence-corrected chi connectivity index (χ2v) is 6.21. The molecule has 1 N–H and O–H groups in total. The van der Waals surface area contributed by atoms with E-state index in [1.54, 1.807) is 11.4 Å². The van der Waals surface area contributed by atoms with Crippen LogP contribution in [0.1, 0.15) is 10.4 Å². The minimum Gasteiger partial charge on any atom is -0.478 e. The quantitative estimate of drug-likeness (QED) is 0.655. The molecule has 102 valence electrons. The average molecular weight is 419 g/mol. The third kappa shape index (κ3) is 2.46. The first-order chi connectivity index (χ1) is 9.54. The summed E-state index contributed by atoms with van der Waals surface area (Å²) in [6, 6.07) is 3.24. The van der Waals surface area contributed by atoms with Crippen molar-refractivity contribution in [3.63, 3.8) is 0 Å². The molecule has 20 heavy (non-hydrogen) atoms. The summed E-state index contributed by atoms with van der Waals surface area (Å²) in [6.45, 7) is 0. The first kappa shape index (κ1) is 13.6. The molecule has 0 unspecified atom stereocenters. The molecular formula is C12H5Br2NO4S. The van der Waals surface area contributed by atoms with Crippen molar-refractivity contribution in [2.24, 2.45) is 0 Å². The van der Waals surface area contributed by atoms with Crippen molar-refractivity contribution in [3.8, 4) is 22.2 Å². The number of hydrogen-bond donors (Lipinski definition) is 1. The minimum absolute atomic E-state index is 0.0954. The van der Waals surface area contributed by atoms with Crippen LogP contribution in [0.15, 0.2) is 41.8 Å². The zero-order valence-corrected chi connectivity index (χ0v) is 13.6. The molecule has 0 bridgehead atoms. The molecule has 0 aliphatic rings. The van der Waals surface area contributed by atoms with Gasteiger partial charge in [-0.15, -0.1) is 11.3 Å². The van der Waals surface area contributed by atoms with E-state index in [2.05, 4.69) is 36.8 Å². The molecule has 0 saturated carbocycles. The third-order valence-electron chi connectivity index (χ3n) is 2.46. The van der Waals surface area contributed by atoms with E-state index in [0.717, 1.165) is 4.47 Å². The fraction of sp³-hybridized carbons (Fsp3) is 0. The molecule has 0 radical (unpaired) electrons. The van der Waals surface area contributed by atoms with Gasteiger partial charge < -0.3 is 13.9 Å². The molecule has 3 aromatic rings. The monoisotopic (exact) mass is 417 g/mol. The summed E-state index contributed by atoms with van der Waals surface area (Å²) < 4.78 is 12.1. The first-order valence-electron chi connectivity index (χ1n) is 5.27. The van der Waals surface area contributed by atoms with Crippen molar-refractivity contribution in [2.75, 3.05) is 0 Å². The van der Waals surface area contributed by atoms with Gasteiger partial charge in [0.05, 0.1) is 10.0 Å². The predicted octanol–water partition coefficient (Wildman–Crippen LogP) is 4.89. The largest absolute Gasteiger partial charge is 0.478 e. The van der Waals surface area contributed by atoms with E-state index in [9.17, 15) is 4.79 Å². The van der Waals surface area contributed by atoms with E-state index in [-0.39, 0.29) is 5.56 Å². The number of aromatic nitrogens is 1. The van der Waals surface area contributed by atoms with Crippen LogP contribution in [-0.2, 0) is 0 Å². The van der Waals surface area contributed by atoms with Gasteiger partial charge >= 0.3 is 5.97 Å². The topological polar surface area (TPSA) is 76.5 Å². The normalized spacial score (nSPS) is 10.9. The highest BCUT2D eigenvalue weighted by molar-refractivity contribution is 9.13. The molecule has 3 rings (SSSR count). The van der Waals surface area contributed by atoms with Crippen molar-refractivity contribution in [2.45, 2.75) is 0 Å². The van der Waals surface area contributed by atoms with Gasteiger partial charge in [0, 0.05) is 17.5 Å². The maximum atomic E-state index is 10.8. The van der Waals surface area contributed by atoms with Gasteiger partial charge in [0.1, 0.15) is 12.0 Å². The second-order valence-electron chi connectivity index (χ2n) is 3.77. The van der Waals surface area contributed by atoms with Gasteiger partial charge in [0.2, 0.25) is 0 Å². The molecule has 0 atom stereocenters. The van der Waals surface area contributed by atoms with Gasteiger partial charge in [-0.05, 0) is 31.9 Å². The van der Waals surface area contributed by atoms with Gasteiger partial charge in [-0.1, -0.05) is 0 Å². The van der Waals surface area contributed by atoms with Crippen LogP contribution in [-0.4, -0.2) is 16.1 Å². The molecule has 0 saturated heterocycles. The van der Waals surface area contributed by atoms with Gasteiger partial charge in [-0.25, -0.2) is 9.78 Å². The molecule has 5 nitrogen and oxygen atoms in total. The molecular weight excluding hydrogens is 414 g/mol. The smallest absolute Gasteiger partial charge is 0.338 e. The summed E-state index contributed by atoms with van der Waals surface area (Å²) >= 11 is 7.98. The Labute approximate surface area is 133 Å². The lowest BCUT2D eigenvalue weighted by atomic mass is 10.3. The zero-order valence-electron chi connectivity index (χ0n) is 9.59. The maximum Gasteiger partial charge on any atom is 0.338 e. The first-order valence-corrected chi connectivity index (χ1v) is 7.74. The van der Waals surface area contributed by atoms with E-state index in [1.165, 1.54) is 23.7 Å². The predicted molar refractivity (Wildman–Crippen MR) is 79.9 cm³/mol. The number of carbonyl (C=O) groups is 1. The average Bonchev–Trinajstić information content (AvgIpc) is 3.09. The van der Waals surface area contributed by atoms with E-state index in [1.807, 2.05) is 0 Å². The molecule has 0 amide bonds. The van der Waals surface area contributed by atoms with Crippen molar-refractivity contribution < 1.29 is 18.7 Å². The van der Waals surface area contributed by atoms with Crippen LogP contribution in [0.4, 0.5) is 0 Å². The zero-order chi connectivity index (χ0) is 14.3. The molecule has 0 aliphatic heterocycles. The second kappa shape index (κ2) is 5.19. The summed E-state index contributed by atoms with van der Waals surface area (Å²) in [5, 5.41) is 11.3. The Morgan fingerprint density at radius 3 is 2.70 bits per heavy atom. The van der Waals surface area contributed by atoms with Crippen molar-refractivity contribution >= 4 is 49.2 Å². The number of halogens is 2. The van der Waals surface area contributed by atoms with Crippen molar-refractivity contribution in [3.05, 3.63) is 38.5 Å². The lowest BCUT2D eigenvalue weighted by molar-refractivity contribution is 0.0696. The molecule has 0 fully saturated rings. The van der Waals surface area contributed by atoms with E-state index in [0.29, 0.717) is 26.9 Å². The van der Waals surface area contributed by atoms with E-state index < -0.39 is 5.97 Å². The highest BCUT2D eigenvalue weighted by Crippen LogP contribution is 2.35. The lowest BCUT2D eigenvalue weighted by Crippen LogP contribution is -1.91. The Kier molecular flexibility index (Phi) is 3.53. The summed E-state index contributed by atoms with van der Waals surface area (Å²) in [5.74, 6) is -0.00560. The minimum atomic E-state index is -1.03. The Bertz CT molecular complexity index is 770. The number of rotatable bonds is 3. The van der Waals surface area contributed by atoms with Crippen LogP contribution in [0.3, 0.4) is 0 Å². The number of carboxylic acids is 1. The van der Waals surface area contributed by atoms with Gasteiger partial charge in [-0.3, -0.25) is 0 Å². The standard InChI is InChI=1S/C12H5Br2NO4S/c13-6-2-9(19-10(6)14)11-15-7(4-20-11)8-1-5(3-18-8)12(16)17/h1-4H,(H,16,17). The van der Waals surface area contributed by atoms with Crippen LogP contribution in [0.25, 0.3) is 22.2 Å². The Balaban J connectivity index is 1.95. The maximum absolute atomic E-state index is 10.8. The van der Waals surface area contributed by atoms with Crippen LogP contribution in [0, 0.1) is 0 Å². The number of furan rings is 2. The third-order valence-corrected chi connectivity index (χ3v) is 5.03. The summed E-state index contributed by atoms with van der Waals surface area (Å²) in [7, 11) is 0. The van der Waals surface area contributed by atoms with E-state index >= 15 is 0 Å². The van der Waals surface area contributed by atoms with E-state index in [4.69, 9.17) is 13.9 Å². The highest BCUT2D eigenvalue weighted by atomic mass is 79.9. The lowest BCUT2D eigenvalue weighted by Gasteiger charge is -1.88. The SMILES string of the molecule is O=C(O)c1coc(-c2csc(-c3cc(Br)c(Br)o3)n2)c1. The van der Waals surface area contributed by atoms with Crippen LogP contribution >= 0.6 is 43.2 Å². The molecule has 0 aliphatic carbocycles. The fourth-order valence-electron chi connectivity index (χ4n) is 1.53. The van der Waals surface area contributed by atoms with Crippen molar-refractivity contribution in [1.29, 1.82) is 0 Å². The van der Waals surface area contributed by atoms with Crippen LogP contribution < -0.4 is 0 Å². The number of carboxylic acid groups (broad SMARTS) is 1. The van der Waals surface area contributed by atoms with Gasteiger partial charge in [-0.2, -0.15) is 0 Å². The number of aromatic carboxylic acids is 1. The van der Waals surface area contributed by atoms with Crippen LogP contribution in [0.5, 0.6) is 0 Å².